The minimum Gasteiger partial charge on any atom is -0.497 e. The van der Waals surface area contributed by atoms with Crippen molar-refractivity contribution in [2.45, 2.75) is 25.8 Å². The standard InChI is InChI=1S/C19H24N2O2/c1-23-18-5-4-16-10-15(2-3-17(16)12-18)13-21-19(22)11-14-6-8-20-9-7-14/h2-5,10,12,14,20H,6-9,11,13H2,1H3,(H,21,22). The Morgan fingerprint density at radius 2 is 1.91 bits per heavy atom. The average Bonchev–Trinajstić information content (AvgIpc) is 2.60. The van der Waals surface area contributed by atoms with Gasteiger partial charge in [0.05, 0.1) is 7.11 Å². The van der Waals surface area contributed by atoms with Gasteiger partial charge < -0.3 is 15.4 Å². The van der Waals surface area contributed by atoms with Crippen molar-refractivity contribution in [3.63, 3.8) is 0 Å². The first-order valence-electron chi connectivity index (χ1n) is 8.29. The van der Waals surface area contributed by atoms with Crippen LogP contribution in [0.1, 0.15) is 24.8 Å². The average molecular weight is 312 g/mol. The van der Waals surface area contributed by atoms with E-state index in [4.69, 9.17) is 4.74 Å². The molecule has 3 rings (SSSR count). The molecule has 0 bridgehead atoms. The summed E-state index contributed by atoms with van der Waals surface area (Å²) in [5.41, 5.74) is 1.13. The Hall–Kier alpha value is -2.07. The number of fused-ring (bicyclic) bond motifs is 1. The van der Waals surface area contributed by atoms with Gasteiger partial charge in [0.2, 0.25) is 5.91 Å². The van der Waals surface area contributed by atoms with E-state index in [-0.39, 0.29) is 5.91 Å². The van der Waals surface area contributed by atoms with Gasteiger partial charge in [0, 0.05) is 13.0 Å². The van der Waals surface area contributed by atoms with E-state index >= 15 is 0 Å². The van der Waals surface area contributed by atoms with E-state index in [1.807, 2.05) is 12.1 Å². The second kappa shape index (κ2) is 7.47. The van der Waals surface area contributed by atoms with Crippen LogP contribution in [-0.2, 0) is 11.3 Å². The number of benzene rings is 2. The molecule has 0 spiro atoms. The van der Waals surface area contributed by atoms with Gasteiger partial charge in [0.1, 0.15) is 5.75 Å². The fraction of sp³-hybridized carbons (Fsp3) is 0.421. The Kier molecular flexibility index (Phi) is 5.13. The summed E-state index contributed by atoms with van der Waals surface area (Å²) in [6, 6.07) is 12.3. The summed E-state index contributed by atoms with van der Waals surface area (Å²) in [6.45, 7) is 2.66. The topological polar surface area (TPSA) is 50.4 Å². The molecule has 122 valence electrons. The zero-order valence-corrected chi connectivity index (χ0v) is 13.6. The van der Waals surface area contributed by atoms with Gasteiger partial charge in [0.25, 0.3) is 0 Å². The van der Waals surface area contributed by atoms with Crippen molar-refractivity contribution in [2.24, 2.45) is 5.92 Å². The molecule has 1 heterocycles. The van der Waals surface area contributed by atoms with Gasteiger partial charge >= 0.3 is 0 Å². The number of ether oxygens (including phenoxy) is 1. The molecule has 0 saturated carbocycles. The highest BCUT2D eigenvalue weighted by atomic mass is 16.5. The minimum absolute atomic E-state index is 0.159. The first kappa shape index (κ1) is 15.8. The summed E-state index contributed by atoms with van der Waals surface area (Å²) in [7, 11) is 1.67. The van der Waals surface area contributed by atoms with E-state index in [1.54, 1.807) is 7.11 Å². The predicted octanol–water partition coefficient (Wildman–Crippen LogP) is 2.85. The number of hydrogen-bond donors (Lipinski definition) is 2. The lowest BCUT2D eigenvalue weighted by molar-refractivity contribution is -0.122. The third kappa shape index (κ3) is 4.23. The highest BCUT2D eigenvalue weighted by Gasteiger charge is 2.16. The molecule has 0 aromatic heterocycles. The summed E-state index contributed by atoms with van der Waals surface area (Å²) < 4.78 is 5.24. The summed E-state index contributed by atoms with van der Waals surface area (Å²) in [6.07, 6.45) is 2.85. The lowest BCUT2D eigenvalue weighted by Crippen LogP contribution is -2.32. The van der Waals surface area contributed by atoms with Crippen LogP contribution in [-0.4, -0.2) is 26.1 Å². The molecule has 0 radical (unpaired) electrons. The molecule has 23 heavy (non-hydrogen) atoms. The minimum atomic E-state index is 0.159. The van der Waals surface area contributed by atoms with Gasteiger partial charge in [-0.25, -0.2) is 0 Å². The van der Waals surface area contributed by atoms with Crippen molar-refractivity contribution in [3.05, 3.63) is 42.0 Å². The molecule has 1 saturated heterocycles. The molecule has 2 N–H and O–H groups in total. The molecular weight excluding hydrogens is 288 g/mol. The van der Waals surface area contributed by atoms with Crippen LogP contribution in [0.15, 0.2) is 36.4 Å². The Morgan fingerprint density at radius 1 is 1.17 bits per heavy atom. The Balaban J connectivity index is 1.57. The van der Waals surface area contributed by atoms with Crippen molar-refractivity contribution in [2.75, 3.05) is 20.2 Å². The van der Waals surface area contributed by atoms with E-state index in [1.165, 1.54) is 0 Å². The van der Waals surface area contributed by atoms with Crippen LogP contribution in [0.3, 0.4) is 0 Å². The number of carbonyl (C=O) groups is 1. The van der Waals surface area contributed by atoms with E-state index in [2.05, 4.69) is 34.9 Å². The molecule has 1 aliphatic rings. The molecular formula is C19H24N2O2. The number of amides is 1. The third-order valence-corrected chi connectivity index (χ3v) is 4.53. The highest BCUT2D eigenvalue weighted by molar-refractivity contribution is 5.84. The Labute approximate surface area is 137 Å². The number of carbonyl (C=O) groups excluding carboxylic acids is 1. The lowest BCUT2D eigenvalue weighted by atomic mass is 9.94. The highest BCUT2D eigenvalue weighted by Crippen LogP contribution is 2.22. The first-order chi connectivity index (χ1) is 11.2. The van der Waals surface area contributed by atoms with Gasteiger partial charge in [0.15, 0.2) is 0 Å². The molecule has 0 atom stereocenters. The van der Waals surface area contributed by atoms with Crippen molar-refractivity contribution >= 4 is 16.7 Å². The number of hydrogen-bond acceptors (Lipinski definition) is 3. The smallest absolute Gasteiger partial charge is 0.220 e. The summed E-state index contributed by atoms with van der Waals surface area (Å²) in [4.78, 5) is 12.1. The van der Waals surface area contributed by atoms with Crippen molar-refractivity contribution in [1.82, 2.24) is 10.6 Å². The zero-order valence-electron chi connectivity index (χ0n) is 13.6. The van der Waals surface area contributed by atoms with E-state index < -0.39 is 0 Å². The first-order valence-corrected chi connectivity index (χ1v) is 8.29. The molecule has 0 aliphatic carbocycles. The van der Waals surface area contributed by atoms with Gasteiger partial charge in [-0.2, -0.15) is 0 Å². The van der Waals surface area contributed by atoms with Crippen LogP contribution in [0.25, 0.3) is 10.8 Å². The fourth-order valence-electron chi connectivity index (χ4n) is 3.13. The fourth-order valence-corrected chi connectivity index (χ4v) is 3.13. The zero-order chi connectivity index (χ0) is 16.1. The summed E-state index contributed by atoms with van der Waals surface area (Å²) in [5.74, 6) is 1.55. The lowest BCUT2D eigenvalue weighted by Gasteiger charge is -2.21. The molecule has 0 unspecified atom stereocenters. The monoisotopic (exact) mass is 312 g/mol. The maximum atomic E-state index is 12.1. The Bertz CT molecular complexity index is 678. The van der Waals surface area contributed by atoms with Gasteiger partial charge in [-0.05, 0) is 66.4 Å². The molecule has 4 heteroatoms. The normalized spacial score (nSPS) is 15.5. The Morgan fingerprint density at radius 3 is 2.70 bits per heavy atom. The van der Waals surface area contributed by atoms with Crippen molar-refractivity contribution < 1.29 is 9.53 Å². The van der Waals surface area contributed by atoms with Crippen LogP contribution >= 0.6 is 0 Å². The molecule has 1 aliphatic heterocycles. The second-order valence-corrected chi connectivity index (χ2v) is 6.22. The molecule has 4 nitrogen and oxygen atoms in total. The maximum Gasteiger partial charge on any atom is 0.220 e. The number of rotatable bonds is 5. The van der Waals surface area contributed by atoms with Crippen LogP contribution in [0.5, 0.6) is 5.75 Å². The predicted molar refractivity (Wildman–Crippen MR) is 92.6 cm³/mol. The van der Waals surface area contributed by atoms with Crippen LogP contribution in [0.2, 0.25) is 0 Å². The number of methoxy groups -OCH3 is 1. The maximum absolute atomic E-state index is 12.1. The molecule has 1 fully saturated rings. The third-order valence-electron chi connectivity index (χ3n) is 4.53. The van der Waals surface area contributed by atoms with Crippen molar-refractivity contribution in [3.8, 4) is 5.75 Å². The second-order valence-electron chi connectivity index (χ2n) is 6.22. The summed E-state index contributed by atoms with van der Waals surface area (Å²) in [5, 5.41) is 8.69. The SMILES string of the molecule is COc1ccc2cc(CNC(=O)CC3CCNCC3)ccc2c1. The van der Waals surface area contributed by atoms with Crippen LogP contribution in [0.4, 0.5) is 0 Å². The van der Waals surface area contributed by atoms with Gasteiger partial charge in [-0.1, -0.05) is 18.2 Å². The number of nitrogens with one attached hydrogen (secondary N) is 2. The number of piperidine rings is 1. The van der Waals surface area contributed by atoms with Crippen molar-refractivity contribution in [1.29, 1.82) is 0 Å². The quantitative estimate of drug-likeness (QED) is 0.892. The molecule has 2 aromatic carbocycles. The molecule has 1 amide bonds. The molecule has 2 aromatic rings. The van der Waals surface area contributed by atoms with E-state index in [9.17, 15) is 4.79 Å². The van der Waals surface area contributed by atoms with E-state index in [0.29, 0.717) is 18.9 Å². The summed E-state index contributed by atoms with van der Waals surface area (Å²) >= 11 is 0. The van der Waals surface area contributed by atoms with Gasteiger partial charge in [-0.3, -0.25) is 4.79 Å². The van der Waals surface area contributed by atoms with E-state index in [0.717, 1.165) is 48.0 Å². The van der Waals surface area contributed by atoms with Crippen LogP contribution < -0.4 is 15.4 Å². The van der Waals surface area contributed by atoms with Gasteiger partial charge in [-0.15, -0.1) is 0 Å². The largest absolute Gasteiger partial charge is 0.497 e. The van der Waals surface area contributed by atoms with Crippen LogP contribution in [0, 0.1) is 5.92 Å².